The molecule has 0 radical (unpaired) electrons. The number of benzene rings is 2. The third kappa shape index (κ3) is 4.03. The highest BCUT2D eigenvalue weighted by Crippen LogP contribution is 2.28. The van der Waals surface area contributed by atoms with Gasteiger partial charge in [0, 0.05) is 6.08 Å². The zero-order valence-corrected chi connectivity index (χ0v) is 15.3. The number of fused-ring (bicyclic) bond motifs is 1. The lowest BCUT2D eigenvalue weighted by molar-refractivity contribution is 0.355. The predicted octanol–water partition coefficient (Wildman–Crippen LogP) is 3.98. The minimum atomic E-state index is -0.473. The lowest BCUT2D eigenvalue weighted by atomic mass is 10.2. The number of nitrogens with zero attached hydrogens (tertiary/aromatic N) is 1. The molecular weight excluding hydrogens is 332 g/mol. The lowest BCUT2D eigenvalue weighted by Crippen LogP contribution is -2.04. The molecule has 0 aliphatic rings. The maximum atomic E-state index is 12.0. The Kier molecular flexibility index (Phi) is 6.38. The Balaban J connectivity index is 0.00000117. The molecule has 0 fully saturated rings. The van der Waals surface area contributed by atoms with E-state index in [1.807, 2.05) is 26.0 Å². The smallest absolute Gasteiger partial charge is 0.347 e. The largest absolute Gasteiger partial charge is 0.493 e. The number of aromatic nitrogens is 1. The van der Waals surface area contributed by atoms with Gasteiger partial charge in [0.2, 0.25) is 5.89 Å². The maximum Gasteiger partial charge on any atom is 0.347 e. The van der Waals surface area contributed by atoms with Crippen molar-refractivity contribution in [1.82, 2.24) is 4.98 Å². The van der Waals surface area contributed by atoms with Crippen LogP contribution in [-0.4, -0.2) is 19.2 Å². The van der Waals surface area contributed by atoms with Crippen LogP contribution in [0.4, 0.5) is 5.69 Å². The highest BCUT2D eigenvalue weighted by molar-refractivity contribution is 5.88. The summed E-state index contributed by atoms with van der Waals surface area (Å²) >= 11 is 0. The standard InChI is InChI=1S/C18H16N2O4.C2H6/c1-22-14-8-6-11(10-15(14)23-2)7-9-16-20-17-12(18(21)24-16)4-3-5-13(17)19;1-2/h3-10H,19H2,1-2H3;1-2H3/b9-7+;. The van der Waals surface area contributed by atoms with E-state index in [1.165, 1.54) is 0 Å². The van der Waals surface area contributed by atoms with E-state index in [2.05, 4.69) is 4.98 Å². The van der Waals surface area contributed by atoms with E-state index in [1.54, 1.807) is 50.6 Å². The molecule has 0 atom stereocenters. The summed E-state index contributed by atoms with van der Waals surface area (Å²) in [6.07, 6.45) is 3.37. The van der Waals surface area contributed by atoms with Gasteiger partial charge >= 0.3 is 5.63 Å². The number of nitrogens with two attached hydrogens (primary N) is 1. The van der Waals surface area contributed by atoms with Crippen molar-refractivity contribution in [2.24, 2.45) is 0 Å². The molecule has 0 unspecified atom stereocenters. The molecule has 6 heteroatoms. The van der Waals surface area contributed by atoms with Gasteiger partial charge in [-0.05, 0) is 35.9 Å². The van der Waals surface area contributed by atoms with E-state index in [0.717, 1.165) is 5.56 Å². The zero-order valence-electron chi connectivity index (χ0n) is 15.3. The number of methoxy groups -OCH3 is 2. The van der Waals surface area contributed by atoms with Crippen LogP contribution in [0.25, 0.3) is 23.1 Å². The maximum absolute atomic E-state index is 12.0. The molecule has 1 heterocycles. The molecule has 2 N–H and O–H groups in total. The third-order valence-corrected chi connectivity index (χ3v) is 3.53. The van der Waals surface area contributed by atoms with Crippen LogP contribution in [0, 0.1) is 0 Å². The summed E-state index contributed by atoms with van der Waals surface area (Å²) in [4.78, 5) is 16.3. The average molecular weight is 354 g/mol. The lowest BCUT2D eigenvalue weighted by Gasteiger charge is -2.07. The quantitative estimate of drug-likeness (QED) is 0.713. The van der Waals surface area contributed by atoms with Gasteiger partial charge in [-0.25, -0.2) is 9.78 Å². The van der Waals surface area contributed by atoms with Crippen LogP contribution < -0.4 is 20.8 Å². The zero-order chi connectivity index (χ0) is 19.1. The number of hydrogen-bond acceptors (Lipinski definition) is 6. The normalized spacial score (nSPS) is 10.5. The molecule has 0 bridgehead atoms. The summed E-state index contributed by atoms with van der Waals surface area (Å²) in [5, 5.41) is 0.360. The first-order valence-corrected chi connectivity index (χ1v) is 8.22. The fourth-order valence-electron chi connectivity index (χ4n) is 2.33. The molecule has 2 aromatic carbocycles. The Labute approximate surface area is 151 Å². The number of ether oxygens (including phenoxy) is 2. The molecule has 0 spiro atoms. The summed E-state index contributed by atoms with van der Waals surface area (Å²) in [5.74, 6) is 1.43. The van der Waals surface area contributed by atoms with Crippen molar-refractivity contribution in [3.8, 4) is 11.5 Å². The van der Waals surface area contributed by atoms with Crippen molar-refractivity contribution < 1.29 is 13.9 Å². The Morgan fingerprint density at radius 2 is 1.77 bits per heavy atom. The van der Waals surface area contributed by atoms with Crippen LogP contribution >= 0.6 is 0 Å². The Hall–Kier alpha value is -3.28. The van der Waals surface area contributed by atoms with Crippen molar-refractivity contribution >= 4 is 28.7 Å². The van der Waals surface area contributed by atoms with Gasteiger partial charge < -0.3 is 19.6 Å². The summed E-state index contributed by atoms with van der Waals surface area (Å²) in [7, 11) is 3.14. The fourth-order valence-corrected chi connectivity index (χ4v) is 2.33. The summed E-state index contributed by atoms with van der Waals surface area (Å²) in [6, 6.07) is 10.5. The van der Waals surface area contributed by atoms with Crippen LogP contribution in [0.5, 0.6) is 11.5 Å². The van der Waals surface area contributed by atoms with E-state index in [0.29, 0.717) is 28.1 Å². The van der Waals surface area contributed by atoms with Gasteiger partial charge in [-0.2, -0.15) is 0 Å². The van der Waals surface area contributed by atoms with Crippen LogP contribution in [-0.2, 0) is 0 Å². The van der Waals surface area contributed by atoms with Gasteiger partial charge in [0.1, 0.15) is 5.52 Å². The van der Waals surface area contributed by atoms with Gasteiger partial charge in [-0.3, -0.25) is 0 Å². The summed E-state index contributed by atoms with van der Waals surface area (Å²) < 4.78 is 15.7. The van der Waals surface area contributed by atoms with Crippen LogP contribution in [0.3, 0.4) is 0 Å². The number of para-hydroxylation sites is 1. The second-order valence-electron chi connectivity index (χ2n) is 5.03. The Morgan fingerprint density at radius 3 is 2.46 bits per heavy atom. The molecule has 136 valence electrons. The first-order valence-electron chi connectivity index (χ1n) is 8.22. The molecule has 3 rings (SSSR count). The van der Waals surface area contributed by atoms with Gasteiger partial charge in [-0.1, -0.05) is 26.0 Å². The van der Waals surface area contributed by atoms with E-state index >= 15 is 0 Å². The van der Waals surface area contributed by atoms with Crippen LogP contribution in [0.1, 0.15) is 25.3 Å². The number of hydrogen-bond donors (Lipinski definition) is 1. The first-order chi connectivity index (χ1) is 12.6. The molecule has 26 heavy (non-hydrogen) atoms. The topological polar surface area (TPSA) is 87.6 Å². The van der Waals surface area contributed by atoms with E-state index in [4.69, 9.17) is 19.6 Å². The van der Waals surface area contributed by atoms with Gasteiger partial charge in [0.15, 0.2) is 11.5 Å². The van der Waals surface area contributed by atoms with Crippen molar-refractivity contribution in [2.75, 3.05) is 20.0 Å². The summed E-state index contributed by atoms with van der Waals surface area (Å²) in [5.41, 5.74) is 7.11. The van der Waals surface area contributed by atoms with Crippen LogP contribution in [0.15, 0.2) is 45.6 Å². The molecule has 0 aliphatic heterocycles. The van der Waals surface area contributed by atoms with Crippen molar-refractivity contribution in [2.45, 2.75) is 13.8 Å². The highest BCUT2D eigenvalue weighted by Gasteiger charge is 2.07. The minimum Gasteiger partial charge on any atom is -0.493 e. The van der Waals surface area contributed by atoms with E-state index in [9.17, 15) is 4.79 Å². The van der Waals surface area contributed by atoms with Crippen molar-refractivity contribution in [3.05, 3.63) is 58.3 Å². The fraction of sp³-hybridized carbons (Fsp3) is 0.200. The van der Waals surface area contributed by atoms with Crippen molar-refractivity contribution in [3.63, 3.8) is 0 Å². The molecule has 1 aromatic heterocycles. The highest BCUT2D eigenvalue weighted by atomic mass is 16.5. The van der Waals surface area contributed by atoms with Gasteiger partial charge in [0.05, 0.1) is 25.3 Å². The van der Waals surface area contributed by atoms with Gasteiger partial charge in [-0.15, -0.1) is 0 Å². The molecule has 3 aromatic rings. The minimum absolute atomic E-state index is 0.181. The van der Waals surface area contributed by atoms with E-state index in [-0.39, 0.29) is 5.89 Å². The molecule has 0 amide bonds. The Morgan fingerprint density at radius 1 is 1.04 bits per heavy atom. The Bertz CT molecular complexity index is 977. The number of nitrogen functional groups attached to an aromatic ring is 1. The second-order valence-corrected chi connectivity index (χ2v) is 5.03. The monoisotopic (exact) mass is 354 g/mol. The molecule has 0 saturated heterocycles. The molecule has 0 aliphatic carbocycles. The van der Waals surface area contributed by atoms with Gasteiger partial charge in [0.25, 0.3) is 0 Å². The number of rotatable bonds is 4. The third-order valence-electron chi connectivity index (χ3n) is 3.53. The SMILES string of the molecule is CC.COc1ccc(/C=C/c2nc3c(N)cccc3c(=O)o2)cc1OC. The van der Waals surface area contributed by atoms with Crippen molar-refractivity contribution in [1.29, 1.82) is 0 Å². The molecule has 0 saturated carbocycles. The van der Waals surface area contributed by atoms with Crippen LogP contribution in [0.2, 0.25) is 0 Å². The molecule has 6 nitrogen and oxygen atoms in total. The first kappa shape index (κ1) is 19.1. The average Bonchev–Trinajstić information content (AvgIpc) is 2.68. The second kappa shape index (κ2) is 8.71. The summed E-state index contributed by atoms with van der Waals surface area (Å²) in [6.45, 7) is 4.00. The molecular formula is C20H22N2O4. The number of anilines is 1. The van der Waals surface area contributed by atoms with E-state index < -0.39 is 5.63 Å². The predicted molar refractivity (Wildman–Crippen MR) is 105 cm³/mol.